The van der Waals surface area contributed by atoms with E-state index in [-0.39, 0.29) is 0 Å². The monoisotopic (exact) mass is 248 g/mol. The lowest BCUT2D eigenvalue weighted by Gasteiger charge is -2.10. The van der Waals surface area contributed by atoms with Gasteiger partial charge in [-0.1, -0.05) is 18.2 Å². The number of hydrogen-bond acceptors (Lipinski definition) is 2. The van der Waals surface area contributed by atoms with Crippen molar-refractivity contribution in [2.75, 3.05) is 0 Å². The molecule has 0 saturated carbocycles. The Morgan fingerprint density at radius 2 is 1.94 bits per heavy atom. The molecule has 0 radical (unpaired) electrons. The van der Waals surface area contributed by atoms with Gasteiger partial charge in [-0.15, -0.1) is 0 Å². The van der Waals surface area contributed by atoms with Crippen LogP contribution in [0.5, 0.6) is 0 Å². The average Bonchev–Trinajstić information content (AvgIpc) is 2.95. The molecule has 3 rings (SSSR count). The van der Waals surface area contributed by atoms with Gasteiger partial charge in [-0.3, -0.25) is 0 Å². The Morgan fingerprint density at radius 1 is 1.12 bits per heavy atom. The summed E-state index contributed by atoms with van der Waals surface area (Å²) >= 11 is 5.71. The lowest BCUT2D eigenvalue weighted by Crippen LogP contribution is -1.99. The van der Waals surface area contributed by atoms with Crippen LogP contribution in [0.25, 0.3) is 0 Å². The van der Waals surface area contributed by atoms with E-state index in [2.05, 4.69) is 12.1 Å². The molecule has 1 N–H and O–H groups in total. The number of rotatable bonds is 2. The van der Waals surface area contributed by atoms with Crippen LogP contribution in [0.4, 0.5) is 0 Å². The fraction of sp³-hybridized carbons (Fsp3) is 0.286. The number of aliphatic hydroxyl groups excluding tert-OH is 1. The summed E-state index contributed by atoms with van der Waals surface area (Å²) in [5.41, 5.74) is 3.62. The third kappa shape index (κ3) is 1.99. The van der Waals surface area contributed by atoms with Crippen LogP contribution in [-0.4, -0.2) is 5.11 Å². The maximum absolute atomic E-state index is 10.2. The molecule has 2 nitrogen and oxygen atoms in total. The van der Waals surface area contributed by atoms with Crippen molar-refractivity contribution in [3.63, 3.8) is 0 Å². The fourth-order valence-corrected chi connectivity index (χ4v) is 2.55. The van der Waals surface area contributed by atoms with Gasteiger partial charge in [0.05, 0.1) is 0 Å². The van der Waals surface area contributed by atoms with Crippen LogP contribution in [0.3, 0.4) is 0 Å². The van der Waals surface area contributed by atoms with E-state index in [4.69, 9.17) is 16.0 Å². The number of halogens is 1. The lowest BCUT2D eigenvalue weighted by atomic mass is 10.0. The standard InChI is InChI=1S/C14H13ClO2/c15-13-7-6-12(17-13)14(16)11-5-4-9-2-1-3-10(9)8-11/h4-8,14,16H,1-3H2. The van der Waals surface area contributed by atoms with Gasteiger partial charge in [0, 0.05) is 0 Å². The second kappa shape index (κ2) is 4.21. The van der Waals surface area contributed by atoms with E-state index in [1.807, 2.05) is 6.07 Å². The Labute approximate surface area is 105 Å². The Hall–Kier alpha value is -1.25. The van der Waals surface area contributed by atoms with E-state index in [1.165, 1.54) is 17.5 Å². The number of fused-ring (bicyclic) bond motifs is 1. The first-order valence-corrected chi connectivity index (χ1v) is 6.17. The second-order valence-electron chi connectivity index (χ2n) is 4.43. The van der Waals surface area contributed by atoms with Crippen LogP contribution in [0.2, 0.25) is 5.22 Å². The third-order valence-electron chi connectivity index (χ3n) is 3.30. The van der Waals surface area contributed by atoms with Crippen LogP contribution < -0.4 is 0 Å². The molecule has 0 amide bonds. The highest BCUT2D eigenvalue weighted by Gasteiger charge is 2.17. The molecule has 1 aromatic heterocycles. The SMILES string of the molecule is OC(c1ccc2c(c1)CCC2)c1ccc(Cl)o1. The highest BCUT2D eigenvalue weighted by molar-refractivity contribution is 6.28. The van der Waals surface area contributed by atoms with Gasteiger partial charge in [0.1, 0.15) is 11.9 Å². The number of hydrogen-bond donors (Lipinski definition) is 1. The predicted octanol–water partition coefficient (Wildman–Crippen LogP) is 3.50. The summed E-state index contributed by atoms with van der Waals surface area (Å²) in [7, 11) is 0. The van der Waals surface area contributed by atoms with Gasteiger partial charge in [-0.25, -0.2) is 0 Å². The maximum Gasteiger partial charge on any atom is 0.193 e. The van der Waals surface area contributed by atoms with Crippen molar-refractivity contribution < 1.29 is 9.52 Å². The van der Waals surface area contributed by atoms with Crippen LogP contribution in [0.1, 0.15) is 35.0 Å². The van der Waals surface area contributed by atoms with Crippen LogP contribution in [0.15, 0.2) is 34.7 Å². The van der Waals surface area contributed by atoms with Crippen molar-refractivity contribution in [1.82, 2.24) is 0 Å². The minimum absolute atomic E-state index is 0.306. The molecule has 3 heteroatoms. The molecule has 1 atom stereocenters. The molecule has 2 aromatic rings. The van der Waals surface area contributed by atoms with Crippen LogP contribution >= 0.6 is 11.6 Å². The van der Waals surface area contributed by atoms with Gasteiger partial charge < -0.3 is 9.52 Å². The summed E-state index contributed by atoms with van der Waals surface area (Å²) in [5.74, 6) is 0.493. The third-order valence-corrected chi connectivity index (χ3v) is 3.50. The van der Waals surface area contributed by atoms with Crippen molar-refractivity contribution >= 4 is 11.6 Å². The van der Waals surface area contributed by atoms with Crippen LogP contribution in [0, 0.1) is 0 Å². The Kier molecular flexibility index (Phi) is 2.69. The van der Waals surface area contributed by atoms with Crippen molar-refractivity contribution in [2.45, 2.75) is 25.4 Å². The van der Waals surface area contributed by atoms with Crippen molar-refractivity contribution in [2.24, 2.45) is 0 Å². The molecule has 0 bridgehead atoms. The maximum atomic E-state index is 10.2. The number of aryl methyl sites for hydroxylation is 2. The average molecular weight is 249 g/mol. The zero-order chi connectivity index (χ0) is 11.8. The second-order valence-corrected chi connectivity index (χ2v) is 4.80. The normalized spacial score (nSPS) is 15.9. The molecule has 0 aliphatic heterocycles. The zero-order valence-corrected chi connectivity index (χ0v) is 10.1. The molecule has 88 valence electrons. The smallest absolute Gasteiger partial charge is 0.193 e. The largest absolute Gasteiger partial charge is 0.447 e. The summed E-state index contributed by atoms with van der Waals surface area (Å²) in [6.45, 7) is 0. The predicted molar refractivity (Wildman–Crippen MR) is 66.2 cm³/mol. The van der Waals surface area contributed by atoms with Gasteiger partial charge in [0.25, 0.3) is 0 Å². The summed E-state index contributed by atoms with van der Waals surface area (Å²) in [4.78, 5) is 0. The number of aliphatic hydroxyl groups is 1. The van der Waals surface area contributed by atoms with Gasteiger partial charge in [0.15, 0.2) is 5.22 Å². The highest BCUT2D eigenvalue weighted by atomic mass is 35.5. The minimum atomic E-state index is -0.728. The first kappa shape index (κ1) is 10.9. The quantitative estimate of drug-likeness (QED) is 0.882. The summed E-state index contributed by atoms with van der Waals surface area (Å²) < 4.78 is 5.23. The molecule has 0 fully saturated rings. The topological polar surface area (TPSA) is 33.4 Å². The van der Waals surface area contributed by atoms with Crippen LogP contribution in [-0.2, 0) is 12.8 Å². The Bertz CT molecular complexity index is 545. The van der Waals surface area contributed by atoms with E-state index in [1.54, 1.807) is 12.1 Å². The fourth-order valence-electron chi connectivity index (χ4n) is 2.40. The summed E-state index contributed by atoms with van der Waals surface area (Å²) in [6.07, 6.45) is 2.74. The van der Waals surface area contributed by atoms with E-state index >= 15 is 0 Å². The molecule has 1 heterocycles. The first-order chi connectivity index (χ1) is 8.24. The molecule has 17 heavy (non-hydrogen) atoms. The molecular weight excluding hydrogens is 236 g/mol. The molecule has 1 aliphatic carbocycles. The molecule has 0 saturated heterocycles. The van der Waals surface area contributed by atoms with Crippen molar-refractivity contribution in [3.8, 4) is 0 Å². The minimum Gasteiger partial charge on any atom is -0.447 e. The van der Waals surface area contributed by atoms with Crippen molar-refractivity contribution in [3.05, 3.63) is 58.0 Å². The van der Waals surface area contributed by atoms with E-state index < -0.39 is 6.10 Å². The Morgan fingerprint density at radius 3 is 2.71 bits per heavy atom. The molecule has 1 aliphatic rings. The van der Waals surface area contributed by atoms with Crippen molar-refractivity contribution in [1.29, 1.82) is 0 Å². The van der Waals surface area contributed by atoms with E-state index in [9.17, 15) is 5.11 Å². The van der Waals surface area contributed by atoms with Gasteiger partial charge in [0.2, 0.25) is 0 Å². The molecule has 1 aromatic carbocycles. The molecule has 1 unspecified atom stereocenters. The van der Waals surface area contributed by atoms with Gasteiger partial charge >= 0.3 is 0 Å². The lowest BCUT2D eigenvalue weighted by molar-refractivity contribution is 0.189. The van der Waals surface area contributed by atoms with Gasteiger partial charge in [-0.05, 0) is 59.7 Å². The zero-order valence-electron chi connectivity index (χ0n) is 9.32. The molecule has 0 spiro atoms. The van der Waals surface area contributed by atoms with Gasteiger partial charge in [-0.2, -0.15) is 0 Å². The summed E-state index contributed by atoms with van der Waals surface area (Å²) in [5, 5.41) is 10.5. The first-order valence-electron chi connectivity index (χ1n) is 5.79. The van der Waals surface area contributed by atoms with E-state index in [0.29, 0.717) is 11.0 Å². The number of benzene rings is 1. The number of furan rings is 1. The molecular formula is C14H13ClO2. The highest BCUT2D eigenvalue weighted by Crippen LogP contribution is 2.29. The summed E-state index contributed by atoms with van der Waals surface area (Å²) in [6, 6.07) is 9.49. The van der Waals surface area contributed by atoms with E-state index in [0.717, 1.165) is 18.4 Å². The Balaban J connectivity index is 1.94.